The number of allylic oxidation sites excluding steroid dienone is 1. The molecule has 0 aliphatic heterocycles. The van der Waals surface area contributed by atoms with Gasteiger partial charge in [-0.25, -0.2) is 0 Å². The minimum Gasteiger partial charge on any atom is -0.394 e. The van der Waals surface area contributed by atoms with Gasteiger partial charge in [0.1, 0.15) is 0 Å². The summed E-state index contributed by atoms with van der Waals surface area (Å²) in [6, 6.07) is 16.8. The molecule has 0 saturated heterocycles. The molecule has 2 aromatic carbocycles. The third-order valence-corrected chi connectivity index (χ3v) is 5.44. The van der Waals surface area contributed by atoms with Gasteiger partial charge in [-0.05, 0) is 55.2 Å². The van der Waals surface area contributed by atoms with Crippen LogP contribution in [0.2, 0.25) is 0 Å². The monoisotopic (exact) mass is 402 g/mol. The van der Waals surface area contributed by atoms with Crippen LogP contribution in [0.1, 0.15) is 38.3 Å². The molecule has 0 aliphatic rings. The number of nitrogens with two attached hydrogens (primary N) is 1. The van der Waals surface area contributed by atoms with Crippen molar-refractivity contribution in [1.29, 1.82) is 0 Å². The van der Waals surface area contributed by atoms with Gasteiger partial charge in [0.2, 0.25) is 0 Å². The summed E-state index contributed by atoms with van der Waals surface area (Å²) in [5.41, 5.74) is 8.45. The van der Waals surface area contributed by atoms with Crippen molar-refractivity contribution in [1.82, 2.24) is 5.32 Å². The molecule has 0 bridgehead atoms. The van der Waals surface area contributed by atoms with Crippen LogP contribution in [0.4, 0.5) is 0 Å². The minimum atomic E-state index is -0.908. The summed E-state index contributed by atoms with van der Waals surface area (Å²) >= 11 is 1.72. The predicted molar refractivity (Wildman–Crippen MR) is 120 cm³/mol. The summed E-state index contributed by atoms with van der Waals surface area (Å²) in [6.07, 6.45) is 3.34. The van der Waals surface area contributed by atoms with Gasteiger partial charge in [0.05, 0.1) is 18.8 Å². The Morgan fingerprint density at radius 2 is 1.50 bits per heavy atom. The van der Waals surface area contributed by atoms with Crippen LogP contribution in [-0.4, -0.2) is 36.0 Å². The second-order valence-corrected chi connectivity index (χ2v) is 7.55. The first-order chi connectivity index (χ1) is 13.5. The van der Waals surface area contributed by atoms with E-state index in [2.05, 4.69) is 59.9 Å². The Hall–Kier alpha value is -1.79. The highest BCUT2D eigenvalue weighted by molar-refractivity contribution is 7.99. The number of aliphatic hydroxyl groups excluding tert-OH is 2. The first kappa shape index (κ1) is 24.2. The molecule has 28 heavy (non-hydrogen) atoms. The lowest BCUT2D eigenvalue weighted by Crippen LogP contribution is -2.47. The first-order valence-electron chi connectivity index (χ1n) is 9.75. The van der Waals surface area contributed by atoms with Gasteiger partial charge in [0.15, 0.2) is 0 Å². The van der Waals surface area contributed by atoms with Crippen LogP contribution in [0.5, 0.6) is 0 Å². The second-order valence-electron chi connectivity index (χ2n) is 6.40. The van der Waals surface area contributed by atoms with Gasteiger partial charge in [-0.15, -0.1) is 0 Å². The van der Waals surface area contributed by atoms with E-state index in [1.807, 2.05) is 27.8 Å². The molecule has 2 rings (SSSR count). The molecule has 0 radical (unpaired) electrons. The van der Waals surface area contributed by atoms with Crippen LogP contribution >= 0.6 is 11.8 Å². The lowest BCUT2D eigenvalue weighted by Gasteiger charge is -2.24. The first-order valence-corrected chi connectivity index (χ1v) is 10.6. The third-order valence-electron chi connectivity index (χ3n) is 4.42. The van der Waals surface area contributed by atoms with Crippen molar-refractivity contribution in [3.05, 3.63) is 65.7 Å². The Morgan fingerprint density at radius 1 is 1.00 bits per heavy atom. The normalized spacial score (nSPS) is 11.6. The molecule has 154 valence electrons. The zero-order valence-electron chi connectivity index (χ0n) is 17.4. The molecule has 0 spiro atoms. The number of aliphatic hydroxyl groups is 2. The molecule has 0 atom stereocenters. The Balaban J connectivity index is 0.00000190. The van der Waals surface area contributed by atoms with Crippen molar-refractivity contribution < 1.29 is 10.2 Å². The summed E-state index contributed by atoms with van der Waals surface area (Å²) in [4.78, 5) is 2.36. The number of nitrogens with one attached hydrogen (secondary N) is 1. The van der Waals surface area contributed by atoms with Crippen molar-refractivity contribution in [2.75, 3.05) is 20.3 Å². The molecule has 0 fully saturated rings. The van der Waals surface area contributed by atoms with Crippen molar-refractivity contribution in [3.8, 4) is 0 Å². The van der Waals surface area contributed by atoms with Gasteiger partial charge < -0.3 is 21.3 Å². The smallest absolute Gasteiger partial charge is 0.0633 e. The molecular formula is C23H34N2O2S. The summed E-state index contributed by atoms with van der Waals surface area (Å²) in [6.45, 7) is 5.59. The summed E-state index contributed by atoms with van der Waals surface area (Å²) in [7, 11) is 1.93. The molecule has 0 aliphatic carbocycles. The van der Waals surface area contributed by atoms with E-state index in [-0.39, 0.29) is 13.2 Å². The molecule has 0 saturated carbocycles. The fourth-order valence-electron chi connectivity index (χ4n) is 2.62. The molecular weight excluding hydrogens is 368 g/mol. The van der Waals surface area contributed by atoms with Crippen LogP contribution in [0, 0.1) is 0 Å². The van der Waals surface area contributed by atoms with Crippen molar-refractivity contribution >= 4 is 17.5 Å². The van der Waals surface area contributed by atoms with E-state index in [1.54, 1.807) is 11.8 Å². The van der Waals surface area contributed by atoms with Crippen LogP contribution in [0.15, 0.2) is 64.4 Å². The van der Waals surface area contributed by atoms with E-state index in [1.165, 1.54) is 15.4 Å². The average molecular weight is 403 g/mol. The lowest BCUT2D eigenvalue weighted by molar-refractivity contribution is 0.115. The maximum Gasteiger partial charge on any atom is 0.0633 e. The van der Waals surface area contributed by atoms with Gasteiger partial charge in [-0.1, -0.05) is 56.0 Å². The third kappa shape index (κ3) is 7.32. The topological polar surface area (TPSA) is 78.5 Å². The molecule has 5 N–H and O–H groups in total. The van der Waals surface area contributed by atoms with Crippen molar-refractivity contribution in [2.24, 2.45) is 5.73 Å². The number of benzene rings is 2. The highest BCUT2D eigenvalue weighted by atomic mass is 32.2. The minimum absolute atomic E-state index is 0.212. The van der Waals surface area contributed by atoms with E-state index in [0.29, 0.717) is 6.42 Å². The number of hydrogen-bond donors (Lipinski definition) is 4. The number of aryl methyl sites for hydroxylation is 1. The number of rotatable bonds is 9. The van der Waals surface area contributed by atoms with Crippen LogP contribution < -0.4 is 11.1 Å². The highest BCUT2D eigenvalue weighted by Gasteiger charge is 2.22. The van der Waals surface area contributed by atoms with Crippen LogP contribution in [-0.2, 0) is 6.42 Å². The predicted octanol–water partition coefficient (Wildman–Crippen LogP) is 4.06. The largest absolute Gasteiger partial charge is 0.394 e. The maximum absolute atomic E-state index is 9.26. The fourth-order valence-corrected chi connectivity index (χ4v) is 3.44. The van der Waals surface area contributed by atoms with Gasteiger partial charge in [0.25, 0.3) is 0 Å². The molecule has 0 heterocycles. The molecule has 2 aromatic rings. The van der Waals surface area contributed by atoms with E-state index in [9.17, 15) is 10.2 Å². The van der Waals surface area contributed by atoms with Crippen LogP contribution in [0.25, 0.3) is 5.70 Å². The zero-order valence-corrected chi connectivity index (χ0v) is 18.2. The summed E-state index contributed by atoms with van der Waals surface area (Å²) in [5.74, 6) is 0. The molecule has 0 unspecified atom stereocenters. The van der Waals surface area contributed by atoms with Gasteiger partial charge in [-0.3, -0.25) is 0 Å². The summed E-state index contributed by atoms with van der Waals surface area (Å²) in [5, 5.41) is 21.7. The Kier molecular flexibility index (Phi) is 10.9. The standard InChI is InChI=1S/C21H28N2O2S.C2H6/c1-3-20(23-2)17-6-10-19(11-7-17)26-18-8-4-16(5-9-18)12-13-21(22,14-24)15-25;1-2/h3-11,23-25H,12-15,22H2,1-2H3;1-2H3/b20-3-;. The molecule has 4 nitrogen and oxygen atoms in total. The quantitative estimate of drug-likeness (QED) is 0.509. The average Bonchev–Trinajstić information content (AvgIpc) is 2.76. The summed E-state index contributed by atoms with van der Waals surface area (Å²) < 4.78 is 0. The maximum atomic E-state index is 9.26. The van der Waals surface area contributed by atoms with Crippen molar-refractivity contribution in [2.45, 2.75) is 48.9 Å². The second kappa shape index (κ2) is 12.6. The molecule has 5 heteroatoms. The number of hydrogen-bond acceptors (Lipinski definition) is 5. The lowest BCUT2D eigenvalue weighted by atomic mass is 9.94. The van der Waals surface area contributed by atoms with E-state index in [4.69, 9.17) is 5.73 Å². The fraction of sp³-hybridized carbons (Fsp3) is 0.391. The van der Waals surface area contributed by atoms with Gasteiger partial charge in [0, 0.05) is 22.5 Å². The van der Waals surface area contributed by atoms with Gasteiger partial charge >= 0.3 is 0 Å². The van der Waals surface area contributed by atoms with E-state index < -0.39 is 5.54 Å². The Morgan fingerprint density at radius 3 is 1.93 bits per heavy atom. The van der Waals surface area contributed by atoms with Crippen LogP contribution in [0.3, 0.4) is 0 Å². The SMILES string of the molecule is C/C=C(\NC)c1ccc(Sc2ccc(CCC(N)(CO)CO)cc2)cc1.CC. The Bertz CT molecular complexity index is 708. The van der Waals surface area contributed by atoms with E-state index >= 15 is 0 Å². The van der Waals surface area contributed by atoms with E-state index in [0.717, 1.165) is 17.7 Å². The van der Waals surface area contributed by atoms with Gasteiger partial charge in [-0.2, -0.15) is 0 Å². The highest BCUT2D eigenvalue weighted by Crippen LogP contribution is 2.29. The molecule has 0 aromatic heterocycles. The van der Waals surface area contributed by atoms with Crippen molar-refractivity contribution in [3.63, 3.8) is 0 Å². The Labute approximate surface area is 173 Å². The zero-order chi connectivity index (χ0) is 21.0. The molecule has 0 amide bonds.